The molecule has 3 heteroatoms. The third-order valence-corrected chi connectivity index (χ3v) is 11.0. The Morgan fingerprint density at radius 2 is 1.79 bits per heavy atom. The average molecular weight is 471 g/mol. The monoisotopic (exact) mass is 470 g/mol. The lowest BCUT2D eigenvalue weighted by atomic mass is 9.47. The molecule has 0 aromatic heterocycles. The second-order valence-corrected chi connectivity index (χ2v) is 13.5. The topological polar surface area (TPSA) is 43.4 Å². The Bertz CT molecular complexity index is 796. The van der Waals surface area contributed by atoms with Crippen molar-refractivity contribution in [3.63, 3.8) is 0 Å². The normalized spacial score (nSPS) is 40.1. The summed E-state index contributed by atoms with van der Waals surface area (Å²) >= 11 is 0. The molecule has 0 bridgehead atoms. The van der Waals surface area contributed by atoms with Crippen LogP contribution in [0.1, 0.15) is 119 Å². The third-order valence-electron chi connectivity index (χ3n) is 11.0. The van der Waals surface area contributed by atoms with Gasteiger partial charge in [0.2, 0.25) is 0 Å². The lowest BCUT2D eigenvalue weighted by Crippen LogP contribution is -2.51. The van der Waals surface area contributed by atoms with Crippen LogP contribution in [0.5, 0.6) is 0 Å². The van der Waals surface area contributed by atoms with Crippen LogP contribution in [0.15, 0.2) is 11.6 Å². The van der Waals surface area contributed by atoms with Gasteiger partial charge >= 0.3 is 5.97 Å². The Kier molecular flexibility index (Phi) is 7.71. The highest BCUT2D eigenvalue weighted by atomic mass is 16.5. The fourth-order valence-corrected chi connectivity index (χ4v) is 9.18. The third kappa shape index (κ3) is 4.92. The fraction of sp³-hybridized carbons (Fsp3) is 0.871. The van der Waals surface area contributed by atoms with Gasteiger partial charge in [-0.3, -0.25) is 9.59 Å². The summed E-state index contributed by atoms with van der Waals surface area (Å²) < 4.78 is 5.70. The molecule has 34 heavy (non-hydrogen) atoms. The average Bonchev–Trinajstić information content (AvgIpc) is 3.10. The summed E-state index contributed by atoms with van der Waals surface area (Å²) in [4.78, 5) is 23.4. The number of esters is 1. The first kappa shape index (κ1) is 26.0. The minimum Gasteiger partial charge on any atom is -0.462 e. The molecule has 3 nitrogen and oxygen atoms in total. The van der Waals surface area contributed by atoms with E-state index in [1.165, 1.54) is 58.3 Å². The minimum absolute atomic E-state index is 0.0425. The fourth-order valence-electron chi connectivity index (χ4n) is 9.18. The molecule has 0 heterocycles. The smallest absolute Gasteiger partial charge is 0.313 e. The van der Waals surface area contributed by atoms with Crippen molar-refractivity contribution >= 4 is 11.8 Å². The van der Waals surface area contributed by atoms with E-state index >= 15 is 0 Å². The van der Waals surface area contributed by atoms with Gasteiger partial charge in [0, 0.05) is 6.42 Å². The highest BCUT2D eigenvalue weighted by molar-refractivity contribution is 5.94. The highest BCUT2D eigenvalue weighted by Crippen LogP contribution is 2.67. The summed E-state index contributed by atoms with van der Waals surface area (Å²) in [5.41, 5.74) is 2.34. The van der Waals surface area contributed by atoms with E-state index in [0.29, 0.717) is 5.41 Å². The summed E-state index contributed by atoms with van der Waals surface area (Å²) in [6.45, 7) is 13.9. The molecule has 4 aliphatic rings. The molecule has 0 amide bonds. The van der Waals surface area contributed by atoms with E-state index in [1.54, 1.807) is 5.57 Å². The maximum atomic E-state index is 12.1. The lowest BCUT2D eigenvalue weighted by Gasteiger charge is -2.58. The molecule has 3 saturated carbocycles. The van der Waals surface area contributed by atoms with Gasteiger partial charge in [0.25, 0.3) is 0 Å². The van der Waals surface area contributed by atoms with Crippen LogP contribution in [-0.2, 0) is 14.3 Å². The lowest BCUT2D eigenvalue weighted by molar-refractivity contribution is -0.153. The van der Waals surface area contributed by atoms with Gasteiger partial charge in [-0.15, -0.1) is 0 Å². The molecule has 4 rings (SSSR count). The van der Waals surface area contributed by atoms with Gasteiger partial charge in [-0.1, -0.05) is 65.5 Å². The highest BCUT2D eigenvalue weighted by Gasteiger charge is 2.59. The van der Waals surface area contributed by atoms with Crippen molar-refractivity contribution in [2.45, 2.75) is 125 Å². The second kappa shape index (κ2) is 10.1. The van der Waals surface area contributed by atoms with E-state index in [9.17, 15) is 9.59 Å². The molecule has 0 spiro atoms. The first-order valence-electron chi connectivity index (χ1n) is 14.4. The summed E-state index contributed by atoms with van der Waals surface area (Å²) in [5.74, 6) is 4.63. The van der Waals surface area contributed by atoms with E-state index in [0.717, 1.165) is 54.8 Å². The predicted octanol–water partition coefficient (Wildman–Crippen LogP) is 7.92. The van der Waals surface area contributed by atoms with Crippen molar-refractivity contribution in [3.8, 4) is 0 Å². The molecular weight excluding hydrogens is 420 g/mol. The van der Waals surface area contributed by atoms with Crippen LogP contribution in [0, 0.1) is 46.3 Å². The van der Waals surface area contributed by atoms with Crippen molar-refractivity contribution in [2.75, 3.05) is 0 Å². The summed E-state index contributed by atoms with van der Waals surface area (Å²) in [5, 5.41) is 0. The van der Waals surface area contributed by atoms with Crippen LogP contribution in [0.3, 0.4) is 0 Å². The van der Waals surface area contributed by atoms with Crippen LogP contribution < -0.4 is 0 Å². The van der Waals surface area contributed by atoms with Gasteiger partial charge in [0.15, 0.2) is 0 Å². The van der Waals surface area contributed by atoms with Crippen molar-refractivity contribution in [2.24, 2.45) is 46.3 Å². The minimum atomic E-state index is -0.344. The molecule has 8 atom stereocenters. The maximum absolute atomic E-state index is 12.1. The summed E-state index contributed by atoms with van der Waals surface area (Å²) in [6.07, 6.45) is 16.4. The number of Topliss-reactive ketones (excluding diaryl/α,β-unsaturated/α-hetero) is 1. The molecule has 0 aliphatic heterocycles. The van der Waals surface area contributed by atoms with Gasteiger partial charge < -0.3 is 4.74 Å². The second-order valence-electron chi connectivity index (χ2n) is 13.5. The number of allylic oxidation sites excluding steroid dienone is 1. The van der Waals surface area contributed by atoms with Crippen molar-refractivity contribution in [1.29, 1.82) is 0 Å². The Balaban J connectivity index is 1.43. The van der Waals surface area contributed by atoms with E-state index in [4.69, 9.17) is 4.74 Å². The Hall–Kier alpha value is -1.12. The molecule has 3 fully saturated rings. The van der Waals surface area contributed by atoms with E-state index < -0.39 is 0 Å². The van der Waals surface area contributed by atoms with Crippen molar-refractivity contribution < 1.29 is 14.3 Å². The quantitative estimate of drug-likeness (QED) is 0.205. The molecule has 8 unspecified atom stereocenters. The Morgan fingerprint density at radius 3 is 2.50 bits per heavy atom. The number of ether oxygens (including phenoxy) is 1. The van der Waals surface area contributed by atoms with Gasteiger partial charge in [0.05, 0.1) is 0 Å². The molecule has 0 saturated heterocycles. The van der Waals surface area contributed by atoms with Crippen molar-refractivity contribution in [1.82, 2.24) is 0 Å². The van der Waals surface area contributed by atoms with Crippen LogP contribution in [0.4, 0.5) is 0 Å². The van der Waals surface area contributed by atoms with Crippen LogP contribution in [0.25, 0.3) is 0 Å². The standard InChI is InChI=1S/C31H50O3/c1-20(2)8-7-9-21(3)26-12-13-27-25-11-10-23-19-24(34-29(33)18-22(4)32)14-16-30(23,5)28(25)15-17-31(26,27)6/h10,20-21,24-28H,7-9,11-19H2,1-6H3. The van der Waals surface area contributed by atoms with Gasteiger partial charge in [0.1, 0.15) is 18.3 Å². The molecule has 0 radical (unpaired) electrons. The Morgan fingerprint density at radius 1 is 1.03 bits per heavy atom. The summed E-state index contributed by atoms with van der Waals surface area (Å²) in [7, 11) is 0. The van der Waals surface area contributed by atoms with E-state index in [-0.39, 0.29) is 29.7 Å². The molecule has 0 aromatic rings. The van der Waals surface area contributed by atoms with Gasteiger partial charge in [-0.2, -0.15) is 0 Å². The molecular formula is C31H50O3. The molecule has 0 N–H and O–H groups in total. The number of carbonyl (C=O) groups excluding carboxylic acids is 2. The zero-order chi connectivity index (χ0) is 24.7. The number of rotatable bonds is 8. The van der Waals surface area contributed by atoms with Gasteiger partial charge in [-0.05, 0) is 98.2 Å². The molecule has 192 valence electrons. The number of carbonyl (C=O) groups is 2. The molecule has 4 aliphatic carbocycles. The first-order chi connectivity index (χ1) is 16.0. The molecule has 0 aromatic carbocycles. The maximum Gasteiger partial charge on any atom is 0.313 e. The van der Waals surface area contributed by atoms with E-state index in [1.807, 2.05) is 0 Å². The van der Waals surface area contributed by atoms with Gasteiger partial charge in [-0.25, -0.2) is 0 Å². The van der Waals surface area contributed by atoms with Crippen LogP contribution in [0.2, 0.25) is 0 Å². The van der Waals surface area contributed by atoms with Crippen molar-refractivity contribution in [3.05, 3.63) is 11.6 Å². The van der Waals surface area contributed by atoms with Crippen LogP contribution >= 0.6 is 0 Å². The number of ketones is 1. The number of hydrogen-bond acceptors (Lipinski definition) is 3. The largest absolute Gasteiger partial charge is 0.462 e. The number of fused-ring (bicyclic) bond motifs is 5. The van der Waals surface area contributed by atoms with Crippen LogP contribution in [-0.4, -0.2) is 17.9 Å². The Labute approximate surface area is 208 Å². The summed E-state index contributed by atoms with van der Waals surface area (Å²) in [6, 6.07) is 0. The first-order valence-corrected chi connectivity index (χ1v) is 14.4. The van der Waals surface area contributed by atoms with E-state index in [2.05, 4.69) is 40.7 Å². The zero-order valence-electron chi connectivity index (χ0n) is 22.8. The number of hydrogen-bond donors (Lipinski definition) is 0. The zero-order valence-corrected chi connectivity index (χ0v) is 22.8. The predicted molar refractivity (Wildman–Crippen MR) is 138 cm³/mol. The SMILES string of the molecule is CC(=O)CC(=O)OC1CCC2(C)C(=CCC3C2CCC2(C)C(C(C)CCCC(C)C)CCC32)C1.